The van der Waals surface area contributed by atoms with Crippen LogP contribution in [0.15, 0.2) is 46.1 Å². The van der Waals surface area contributed by atoms with Crippen LogP contribution in [0.3, 0.4) is 0 Å². The van der Waals surface area contributed by atoms with Crippen LogP contribution in [0.4, 0.5) is 0 Å². The van der Waals surface area contributed by atoms with Gasteiger partial charge in [-0.25, -0.2) is 9.36 Å². The minimum atomic E-state index is -1.51. The number of aromatic nitrogens is 2. The molecule has 3 rings (SSSR count). The van der Waals surface area contributed by atoms with E-state index in [9.17, 15) is 24.9 Å². The highest BCUT2D eigenvalue weighted by molar-refractivity contribution is 5.27. The van der Waals surface area contributed by atoms with E-state index in [0.29, 0.717) is 5.75 Å². The van der Waals surface area contributed by atoms with Gasteiger partial charge in [0.25, 0.3) is 5.56 Å². The molecule has 0 spiro atoms. The lowest BCUT2D eigenvalue weighted by Gasteiger charge is -2.18. The third-order valence-corrected chi connectivity index (χ3v) is 4.37. The molecule has 1 fully saturated rings. The SMILES string of the molecule is COc1ccc(Cn2ccc(=O)n([C@@H]3O[C@H](CO)[C@H](O)C3O)c2=O)cc1. The Kier molecular flexibility index (Phi) is 5.23. The maximum absolute atomic E-state index is 12.7. The molecule has 2 heterocycles. The minimum absolute atomic E-state index is 0.192. The van der Waals surface area contributed by atoms with Crippen molar-refractivity contribution in [2.75, 3.05) is 13.7 Å². The molecule has 0 bridgehead atoms. The van der Waals surface area contributed by atoms with Crippen LogP contribution in [0, 0.1) is 0 Å². The predicted octanol–water partition coefficient (Wildman–Crippen LogP) is -1.32. The van der Waals surface area contributed by atoms with Gasteiger partial charge in [-0.15, -0.1) is 0 Å². The van der Waals surface area contributed by atoms with E-state index in [1.54, 1.807) is 31.4 Å². The number of nitrogens with zero attached hydrogens (tertiary/aromatic N) is 2. The van der Waals surface area contributed by atoms with E-state index in [0.717, 1.165) is 10.1 Å². The van der Waals surface area contributed by atoms with E-state index in [-0.39, 0.29) is 6.54 Å². The second-order valence-corrected chi connectivity index (χ2v) is 6.01. The van der Waals surface area contributed by atoms with E-state index in [1.165, 1.54) is 16.8 Å². The van der Waals surface area contributed by atoms with E-state index >= 15 is 0 Å². The Morgan fingerprint density at radius 2 is 1.81 bits per heavy atom. The average Bonchev–Trinajstić information content (AvgIpc) is 2.93. The number of hydrogen-bond donors (Lipinski definition) is 3. The van der Waals surface area contributed by atoms with Crippen molar-refractivity contribution in [3.05, 3.63) is 62.9 Å². The fourth-order valence-electron chi connectivity index (χ4n) is 2.91. The number of methoxy groups -OCH3 is 1. The zero-order chi connectivity index (χ0) is 18.8. The van der Waals surface area contributed by atoms with E-state index in [4.69, 9.17) is 9.47 Å². The van der Waals surface area contributed by atoms with Crippen molar-refractivity contribution in [3.63, 3.8) is 0 Å². The molecule has 9 heteroatoms. The van der Waals surface area contributed by atoms with Crippen molar-refractivity contribution in [1.29, 1.82) is 0 Å². The number of aliphatic hydroxyl groups excluding tert-OH is 3. The van der Waals surface area contributed by atoms with Crippen LogP contribution in [0.2, 0.25) is 0 Å². The summed E-state index contributed by atoms with van der Waals surface area (Å²) in [5, 5.41) is 29.1. The van der Waals surface area contributed by atoms with Crippen molar-refractivity contribution >= 4 is 0 Å². The highest BCUT2D eigenvalue weighted by Gasteiger charge is 2.44. The smallest absolute Gasteiger partial charge is 0.333 e. The lowest BCUT2D eigenvalue weighted by molar-refractivity contribution is -0.0570. The first-order chi connectivity index (χ1) is 12.5. The van der Waals surface area contributed by atoms with Gasteiger partial charge in [0.15, 0.2) is 6.23 Å². The lowest BCUT2D eigenvalue weighted by Crippen LogP contribution is -2.45. The highest BCUT2D eigenvalue weighted by Crippen LogP contribution is 2.27. The summed E-state index contributed by atoms with van der Waals surface area (Å²) in [6.07, 6.45) is -3.99. The molecule has 3 N–H and O–H groups in total. The second-order valence-electron chi connectivity index (χ2n) is 6.01. The summed E-state index contributed by atoms with van der Waals surface area (Å²) in [7, 11) is 1.55. The molecular formula is C17H20N2O7. The van der Waals surface area contributed by atoms with Crippen molar-refractivity contribution in [1.82, 2.24) is 9.13 Å². The first-order valence-electron chi connectivity index (χ1n) is 8.03. The molecule has 9 nitrogen and oxygen atoms in total. The fourth-order valence-corrected chi connectivity index (χ4v) is 2.91. The van der Waals surface area contributed by atoms with Crippen molar-refractivity contribution in [2.45, 2.75) is 31.1 Å². The Hall–Kier alpha value is -2.46. The predicted molar refractivity (Wildman–Crippen MR) is 90.1 cm³/mol. The number of ether oxygens (including phenoxy) is 2. The molecule has 0 aliphatic carbocycles. The van der Waals surface area contributed by atoms with Gasteiger partial charge in [-0.1, -0.05) is 12.1 Å². The summed E-state index contributed by atoms with van der Waals surface area (Å²) >= 11 is 0. The molecule has 2 aromatic rings. The van der Waals surface area contributed by atoms with Gasteiger partial charge in [-0.2, -0.15) is 0 Å². The van der Waals surface area contributed by atoms with Gasteiger partial charge in [0.1, 0.15) is 24.1 Å². The lowest BCUT2D eigenvalue weighted by atomic mass is 10.1. The summed E-state index contributed by atoms with van der Waals surface area (Å²) < 4.78 is 12.4. The van der Waals surface area contributed by atoms with Crippen LogP contribution in [0.5, 0.6) is 5.75 Å². The first-order valence-corrected chi connectivity index (χ1v) is 8.03. The van der Waals surface area contributed by atoms with Crippen LogP contribution in [0.1, 0.15) is 11.8 Å². The summed E-state index contributed by atoms with van der Waals surface area (Å²) in [4.78, 5) is 24.9. The number of rotatable bonds is 5. The Balaban J connectivity index is 1.94. The highest BCUT2D eigenvalue weighted by atomic mass is 16.6. The summed E-state index contributed by atoms with van der Waals surface area (Å²) in [6.45, 7) is -0.353. The zero-order valence-electron chi connectivity index (χ0n) is 14.1. The molecule has 0 radical (unpaired) electrons. The zero-order valence-corrected chi connectivity index (χ0v) is 14.1. The van der Waals surface area contributed by atoms with Gasteiger partial charge in [-0.05, 0) is 17.7 Å². The molecule has 4 atom stereocenters. The molecule has 1 unspecified atom stereocenters. The third kappa shape index (κ3) is 3.29. The molecule has 1 aliphatic rings. The Labute approximate surface area is 148 Å². The molecule has 26 heavy (non-hydrogen) atoms. The van der Waals surface area contributed by atoms with Gasteiger partial charge in [0, 0.05) is 12.3 Å². The van der Waals surface area contributed by atoms with Gasteiger partial charge in [-0.3, -0.25) is 9.36 Å². The quantitative estimate of drug-likeness (QED) is 0.601. The van der Waals surface area contributed by atoms with E-state index < -0.39 is 42.4 Å². The topological polar surface area (TPSA) is 123 Å². The molecular weight excluding hydrogens is 344 g/mol. The Morgan fingerprint density at radius 3 is 2.38 bits per heavy atom. The van der Waals surface area contributed by atoms with Crippen LogP contribution in [-0.2, 0) is 11.3 Å². The molecule has 1 aromatic carbocycles. The minimum Gasteiger partial charge on any atom is -0.497 e. The largest absolute Gasteiger partial charge is 0.497 e. The van der Waals surface area contributed by atoms with Gasteiger partial charge in [0.05, 0.1) is 20.3 Å². The average molecular weight is 364 g/mol. The van der Waals surface area contributed by atoms with Crippen LogP contribution in [0.25, 0.3) is 0 Å². The van der Waals surface area contributed by atoms with Crippen LogP contribution >= 0.6 is 0 Å². The Morgan fingerprint density at radius 1 is 1.12 bits per heavy atom. The maximum atomic E-state index is 12.7. The first kappa shape index (κ1) is 18.3. The number of aliphatic hydroxyl groups is 3. The van der Waals surface area contributed by atoms with Crippen molar-refractivity contribution < 1.29 is 24.8 Å². The molecule has 140 valence electrons. The van der Waals surface area contributed by atoms with Crippen LogP contribution < -0.4 is 16.0 Å². The Bertz CT molecular complexity index is 874. The summed E-state index contributed by atoms with van der Waals surface area (Å²) in [5.41, 5.74) is -0.557. The molecule has 1 aromatic heterocycles. The van der Waals surface area contributed by atoms with Crippen molar-refractivity contribution in [2.24, 2.45) is 0 Å². The second kappa shape index (κ2) is 7.42. The molecule has 0 saturated carbocycles. The fraction of sp³-hybridized carbons (Fsp3) is 0.412. The van der Waals surface area contributed by atoms with Crippen LogP contribution in [-0.4, -0.2) is 56.5 Å². The van der Waals surface area contributed by atoms with E-state index in [1.807, 2.05) is 0 Å². The number of benzene rings is 1. The summed E-state index contributed by atoms with van der Waals surface area (Å²) in [5.74, 6) is 0.678. The third-order valence-electron chi connectivity index (χ3n) is 4.37. The maximum Gasteiger partial charge on any atom is 0.333 e. The van der Waals surface area contributed by atoms with Gasteiger partial charge < -0.3 is 24.8 Å². The molecule has 1 aliphatic heterocycles. The molecule has 0 amide bonds. The van der Waals surface area contributed by atoms with Gasteiger partial charge >= 0.3 is 5.69 Å². The van der Waals surface area contributed by atoms with Gasteiger partial charge in [0.2, 0.25) is 0 Å². The van der Waals surface area contributed by atoms with Crippen molar-refractivity contribution in [3.8, 4) is 5.75 Å². The normalized spacial score (nSPS) is 25.4. The number of hydrogen-bond acceptors (Lipinski definition) is 7. The van der Waals surface area contributed by atoms with E-state index in [2.05, 4.69) is 0 Å². The standard InChI is InChI=1S/C17H20N2O7/c1-25-11-4-2-10(3-5-11)8-18-7-6-13(21)19(17(18)24)16-15(23)14(22)12(9-20)26-16/h2-7,12,14-16,20,22-23H,8-9H2,1H3/t12-,14+,15?,16-/m1/s1. The summed E-state index contributed by atoms with van der Waals surface area (Å²) in [6, 6.07) is 8.25. The molecule has 1 saturated heterocycles. The monoisotopic (exact) mass is 364 g/mol.